The maximum Gasteiger partial charge on any atom is 0.187 e. The third-order valence-corrected chi connectivity index (χ3v) is 8.24. The van der Waals surface area contributed by atoms with E-state index in [4.69, 9.17) is 23.7 Å². The third-order valence-electron chi connectivity index (χ3n) is 8.24. The van der Waals surface area contributed by atoms with Crippen molar-refractivity contribution in [1.82, 2.24) is 0 Å². The Morgan fingerprint density at radius 2 is 1.07 bits per heavy atom. The molecule has 0 radical (unpaired) electrons. The predicted molar refractivity (Wildman–Crippen MR) is 156 cm³/mol. The second-order valence-corrected chi connectivity index (χ2v) is 11.6. The second-order valence-electron chi connectivity index (χ2n) is 11.6. The molecule has 8 atom stereocenters. The van der Waals surface area contributed by atoms with Crippen molar-refractivity contribution in [3.63, 3.8) is 0 Å². The molecular weight excluding hydrogens is 500 g/mol. The molecule has 3 aromatic carbocycles. The van der Waals surface area contributed by atoms with Crippen molar-refractivity contribution in [3.05, 3.63) is 108 Å². The van der Waals surface area contributed by atoms with E-state index in [0.717, 1.165) is 29.0 Å². The number of ether oxygens (including phenoxy) is 5. The lowest BCUT2D eigenvalue weighted by molar-refractivity contribution is -0.333. The van der Waals surface area contributed by atoms with Crippen molar-refractivity contribution < 1.29 is 23.7 Å². The average Bonchev–Trinajstić information content (AvgIpc) is 2.98. The van der Waals surface area contributed by atoms with Crippen molar-refractivity contribution in [2.45, 2.75) is 96.7 Å². The Labute approximate surface area is 239 Å². The van der Waals surface area contributed by atoms with Crippen LogP contribution in [0.4, 0.5) is 0 Å². The molecule has 0 unspecified atom stereocenters. The van der Waals surface area contributed by atoms with Crippen LogP contribution < -0.4 is 0 Å². The van der Waals surface area contributed by atoms with Crippen LogP contribution in [0.15, 0.2) is 91.0 Å². The maximum absolute atomic E-state index is 6.77. The lowest BCUT2D eigenvalue weighted by atomic mass is 9.81. The van der Waals surface area contributed by atoms with E-state index in [1.807, 2.05) is 54.6 Å². The molecule has 0 aromatic heterocycles. The first-order valence-electron chi connectivity index (χ1n) is 14.8. The molecule has 1 saturated heterocycles. The van der Waals surface area contributed by atoms with Crippen molar-refractivity contribution in [1.29, 1.82) is 0 Å². The maximum atomic E-state index is 6.77. The molecular formula is C35H44O5. The Hall–Kier alpha value is -2.54. The molecule has 214 valence electrons. The summed E-state index contributed by atoms with van der Waals surface area (Å²) in [6.07, 6.45) is 1.57. The number of rotatable bonds is 11. The zero-order valence-corrected chi connectivity index (χ0v) is 24.1. The van der Waals surface area contributed by atoms with Crippen LogP contribution in [0.25, 0.3) is 0 Å². The smallest absolute Gasteiger partial charge is 0.187 e. The van der Waals surface area contributed by atoms with Crippen molar-refractivity contribution >= 4 is 0 Å². The Morgan fingerprint density at radius 3 is 1.57 bits per heavy atom. The second kappa shape index (κ2) is 14.4. The molecule has 0 N–H and O–H groups in total. The molecule has 1 heterocycles. The van der Waals surface area contributed by atoms with E-state index in [-0.39, 0.29) is 24.4 Å². The van der Waals surface area contributed by atoms with Gasteiger partial charge in [0.1, 0.15) is 18.3 Å². The molecule has 5 rings (SSSR count). The quantitative estimate of drug-likeness (QED) is 0.253. The molecule has 0 bridgehead atoms. The summed E-state index contributed by atoms with van der Waals surface area (Å²) in [5.74, 6) is 1.19. The third kappa shape index (κ3) is 7.80. The molecule has 3 aromatic rings. The van der Waals surface area contributed by atoms with Crippen molar-refractivity contribution in [2.75, 3.05) is 0 Å². The van der Waals surface area contributed by atoms with Gasteiger partial charge in [-0.3, -0.25) is 0 Å². The van der Waals surface area contributed by atoms with E-state index in [1.165, 1.54) is 12.8 Å². The summed E-state index contributed by atoms with van der Waals surface area (Å²) in [5, 5.41) is 0. The Kier molecular flexibility index (Phi) is 10.4. The van der Waals surface area contributed by atoms with Gasteiger partial charge in [-0.25, -0.2) is 0 Å². The van der Waals surface area contributed by atoms with Crippen LogP contribution in [0.2, 0.25) is 0 Å². The molecule has 2 fully saturated rings. The largest absolute Gasteiger partial charge is 0.368 e. The minimum atomic E-state index is -0.545. The summed E-state index contributed by atoms with van der Waals surface area (Å²) in [6.45, 7) is 8.06. The molecule has 5 heteroatoms. The molecule has 1 aliphatic heterocycles. The number of hydrogen-bond acceptors (Lipinski definition) is 5. The van der Waals surface area contributed by atoms with Gasteiger partial charge in [0.2, 0.25) is 0 Å². The number of hydrogen-bond donors (Lipinski definition) is 0. The van der Waals surface area contributed by atoms with Gasteiger partial charge in [-0.05, 0) is 54.7 Å². The van der Waals surface area contributed by atoms with Crippen LogP contribution in [0.5, 0.6) is 0 Å². The summed E-state index contributed by atoms with van der Waals surface area (Å²) in [4.78, 5) is 0. The fourth-order valence-electron chi connectivity index (χ4n) is 5.99. The Bertz CT molecular complexity index is 1120. The first-order valence-corrected chi connectivity index (χ1v) is 14.8. The van der Waals surface area contributed by atoms with E-state index in [9.17, 15) is 0 Å². The Morgan fingerprint density at radius 1 is 0.600 bits per heavy atom. The van der Waals surface area contributed by atoms with E-state index in [0.29, 0.717) is 25.7 Å². The highest BCUT2D eigenvalue weighted by Crippen LogP contribution is 2.36. The standard InChI is InChI=1S/C35H44O5/c1-25-19-20-31(26(2)21-25)40-35-34(38-24-30-17-11-6-12-18-30)33(37-23-29-15-9-5-10-16-29)32(27(3)39-35)36-22-28-13-7-4-8-14-28/h4-18,25-27,31-35H,19-24H2,1-3H3/t25-,26+,27-,31-,32+,33+,34-,35+/m1/s1. The minimum Gasteiger partial charge on any atom is -0.368 e. The zero-order valence-electron chi connectivity index (χ0n) is 24.1. The fraction of sp³-hybridized carbons (Fsp3) is 0.486. The van der Waals surface area contributed by atoms with Gasteiger partial charge in [0, 0.05) is 0 Å². The molecule has 2 aliphatic rings. The minimum absolute atomic E-state index is 0.132. The van der Waals surface area contributed by atoms with Gasteiger partial charge in [-0.15, -0.1) is 0 Å². The monoisotopic (exact) mass is 544 g/mol. The molecule has 40 heavy (non-hydrogen) atoms. The SMILES string of the molecule is C[C@@H]1CC[C@@H](O[C@@H]2O[C@H](C)[C@H](OCc3ccccc3)[C@H](OCc3ccccc3)[C@H]2OCc2ccccc2)[C@@H](C)C1. The van der Waals surface area contributed by atoms with E-state index in [1.54, 1.807) is 0 Å². The van der Waals surface area contributed by atoms with Crippen LogP contribution in [-0.2, 0) is 43.5 Å². The highest BCUT2D eigenvalue weighted by Gasteiger charge is 2.48. The van der Waals surface area contributed by atoms with Gasteiger partial charge < -0.3 is 23.7 Å². The van der Waals surface area contributed by atoms with E-state index in [2.05, 4.69) is 57.2 Å². The highest BCUT2D eigenvalue weighted by molar-refractivity contribution is 5.15. The summed E-state index contributed by atoms with van der Waals surface area (Å²) < 4.78 is 33.3. The van der Waals surface area contributed by atoms with E-state index >= 15 is 0 Å². The lowest BCUT2D eigenvalue weighted by Crippen LogP contribution is -2.60. The molecule has 5 nitrogen and oxygen atoms in total. The van der Waals surface area contributed by atoms with Crippen LogP contribution in [0.3, 0.4) is 0 Å². The van der Waals surface area contributed by atoms with E-state index < -0.39 is 12.4 Å². The average molecular weight is 545 g/mol. The molecule has 0 spiro atoms. The summed E-state index contributed by atoms with van der Waals surface area (Å²) >= 11 is 0. The summed E-state index contributed by atoms with van der Waals surface area (Å²) in [6, 6.07) is 30.8. The van der Waals surface area contributed by atoms with Crippen LogP contribution >= 0.6 is 0 Å². The van der Waals surface area contributed by atoms with Gasteiger partial charge in [0.15, 0.2) is 6.29 Å². The van der Waals surface area contributed by atoms with Crippen LogP contribution in [-0.4, -0.2) is 36.8 Å². The lowest BCUT2D eigenvalue weighted by Gasteiger charge is -2.47. The normalized spacial score (nSPS) is 30.7. The highest BCUT2D eigenvalue weighted by atomic mass is 16.7. The first-order chi connectivity index (χ1) is 19.6. The molecule has 1 saturated carbocycles. The van der Waals surface area contributed by atoms with Gasteiger partial charge in [-0.1, -0.05) is 105 Å². The Balaban J connectivity index is 1.39. The predicted octanol–water partition coefficient (Wildman–Crippen LogP) is 7.33. The van der Waals surface area contributed by atoms with Crippen LogP contribution in [0, 0.1) is 11.8 Å². The molecule has 1 aliphatic carbocycles. The van der Waals surface area contributed by atoms with Gasteiger partial charge in [0.25, 0.3) is 0 Å². The number of benzene rings is 3. The van der Waals surface area contributed by atoms with Crippen LogP contribution in [0.1, 0.15) is 56.7 Å². The fourth-order valence-corrected chi connectivity index (χ4v) is 5.99. The van der Waals surface area contributed by atoms with Gasteiger partial charge >= 0.3 is 0 Å². The van der Waals surface area contributed by atoms with Crippen molar-refractivity contribution in [3.8, 4) is 0 Å². The summed E-state index contributed by atoms with van der Waals surface area (Å²) in [7, 11) is 0. The van der Waals surface area contributed by atoms with Gasteiger partial charge in [0.05, 0.1) is 32.0 Å². The topological polar surface area (TPSA) is 46.2 Å². The van der Waals surface area contributed by atoms with Gasteiger partial charge in [-0.2, -0.15) is 0 Å². The zero-order chi connectivity index (χ0) is 27.7. The first kappa shape index (κ1) is 29.0. The molecule has 0 amide bonds. The van der Waals surface area contributed by atoms with Crippen molar-refractivity contribution in [2.24, 2.45) is 11.8 Å². The summed E-state index contributed by atoms with van der Waals surface area (Å²) in [5.41, 5.74) is 3.32.